The van der Waals surface area contributed by atoms with Gasteiger partial charge in [0.1, 0.15) is 5.75 Å². The maximum absolute atomic E-state index is 11.8. The van der Waals surface area contributed by atoms with Gasteiger partial charge in [0.05, 0.1) is 11.9 Å². The molecule has 102 valence electrons. The number of hydrogen-bond acceptors (Lipinski definition) is 4. The van der Waals surface area contributed by atoms with Crippen molar-refractivity contribution in [3.05, 3.63) is 48.8 Å². The van der Waals surface area contributed by atoms with E-state index in [1.165, 1.54) is 13.1 Å². The summed E-state index contributed by atoms with van der Waals surface area (Å²) in [7, 11) is 0. The van der Waals surface area contributed by atoms with Crippen LogP contribution in [0.4, 0.5) is 16.2 Å². The van der Waals surface area contributed by atoms with Crippen LogP contribution in [0, 0.1) is 0 Å². The van der Waals surface area contributed by atoms with Crippen LogP contribution in [-0.2, 0) is 4.79 Å². The lowest BCUT2D eigenvalue weighted by molar-refractivity contribution is -0.131. The van der Waals surface area contributed by atoms with Crippen LogP contribution in [0.15, 0.2) is 48.8 Å². The molecule has 0 unspecified atom stereocenters. The summed E-state index contributed by atoms with van der Waals surface area (Å²) < 4.78 is 4.93. The zero-order valence-corrected chi connectivity index (χ0v) is 10.8. The minimum atomic E-state index is -0.415. The number of nitrogens with one attached hydrogen (secondary N) is 2. The molecule has 2 aromatic rings. The Morgan fingerprint density at radius 1 is 1.10 bits per heavy atom. The Balaban J connectivity index is 1.99. The second kappa shape index (κ2) is 6.33. The number of urea groups is 1. The largest absolute Gasteiger partial charge is 0.427 e. The number of carbonyl (C=O) groups excluding carboxylic acids is 2. The summed E-state index contributed by atoms with van der Waals surface area (Å²) in [6.07, 6.45) is 3.15. The number of aromatic nitrogens is 1. The van der Waals surface area contributed by atoms with E-state index in [1.807, 2.05) is 0 Å². The minimum absolute atomic E-state index is 0.372. The quantitative estimate of drug-likeness (QED) is 0.664. The molecule has 0 radical (unpaired) electrons. The maximum atomic E-state index is 11.8. The van der Waals surface area contributed by atoms with E-state index in [-0.39, 0.29) is 0 Å². The number of rotatable bonds is 3. The average Bonchev–Trinajstić information content (AvgIpc) is 2.39. The third-order valence-electron chi connectivity index (χ3n) is 2.27. The molecule has 0 fully saturated rings. The lowest BCUT2D eigenvalue weighted by Gasteiger charge is -2.08. The van der Waals surface area contributed by atoms with Gasteiger partial charge in [-0.3, -0.25) is 9.78 Å². The molecule has 0 aliphatic carbocycles. The number of ether oxygens (including phenoxy) is 1. The van der Waals surface area contributed by atoms with Gasteiger partial charge in [0.2, 0.25) is 0 Å². The Labute approximate surface area is 115 Å². The van der Waals surface area contributed by atoms with Crippen LogP contribution in [-0.4, -0.2) is 17.0 Å². The summed E-state index contributed by atoms with van der Waals surface area (Å²) in [5, 5.41) is 5.27. The summed E-state index contributed by atoms with van der Waals surface area (Å²) in [6, 6.07) is 9.60. The number of nitrogens with zero attached hydrogens (tertiary/aromatic N) is 1. The van der Waals surface area contributed by atoms with Gasteiger partial charge in [-0.05, 0) is 24.3 Å². The van der Waals surface area contributed by atoms with Crippen molar-refractivity contribution in [2.24, 2.45) is 0 Å². The van der Waals surface area contributed by atoms with E-state index >= 15 is 0 Å². The van der Waals surface area contributed by atoms with Gasteiger partial charge >= 0.3 is 12.0 Å². The molecule has 20 heavy (non-hydrogen) atoms. The second-order valence-electron chi connectivity index (χ2n) is 3.94. The molecule has 2 N–H and O–H groups in total. The SMILES string of the molecule is CC(=O)Oc1cccc(NC(=O)Nc2cccnc2)c1. The monoisotopic (exact) mass is 271 g/mol. The van der Waals surface area contributed by atoms with Crippen molar-refractivity contribution in [2.45, 2.75) is 6.92 Å². The highest BCUT2D eigenvalue weighted by atomic mass is 16.5. The number of benzene rings is 1. The number of amides is 2. The molecule has 2 amide bonds. The lowest BCUT2D eigenvalue weighted by atomic mass is 10.3. The Morgan fingerprint density at radius 3 is 2.55 bits per heavy atom. The number of esters is 1. The normalized spacial score (nSPS) is 9.65. The lowest BCUT2D eigenvalue weighted by Crippen LogP contribution is -2.19. The molecule has 0 aliphatic rings. The van der Waals surface area contributed by atoms with Crippen LogP contribution in [0.1, 0.15) is 6.92 Å². The van der Waals surface area contributed by atoms with Crippen molar-refractivity contribution in [3.63, 3.8) is 0 Å². The molecular formula is C14H13N3O3. The average molecular weight is 271 g/mol. The number of pyridine rings is 1. The van der Waals surface area contributed by atoms with Crippen LogP contribution < -0.4 is 15.4 Å². The van der Waals surface area contributed by atoms with Crippen LogP contribution in [0.5, 0.6) is 5.75 Å². The first kappa shape index (κ1) is 13.5. The van der Waals surface area contributed by atoms with Crippen LogP contribution in [0.2, 0.25) is 0 Å². The van der Waals surface area contributed by atoms with Gasteiger partial charge in [-0.1, -0.05) is 6.07 Å². The molecule has 6 nitrogen and oxygen atoms in total. The molecule has 6 heteroatoms. The summed E-state index contributed by atoms with van der Waals surface area (Å²) in [5.41, 5.74) is 1.10. The third-order valence-corrected chi connectivity index (χ3v) is 2.27. The summed E-state index contributed by atoms with van der Waals surface area (Å²) >= 11 is 0. The zero-order chi connectivity index (χ0) is 14.4. The molecule has 1 heterocycles. The van der Waals surface area contributed by atoms with Crippen LogP contribution in [0.25, 0.3) is 0 Å². The van der Waals surface area contributed by atoms with Crippen molar-refractivity contribution in [3.8, 4) is 5.75 Å². The standard InChI is InChI=1S/C14H13N3O3/c1-10(18)20-13-6-2-4-11(8-13)16-14(19)17-12-5-3-7-15-9-12/h2-9H,1H3,(H2,16,17,19). The molecule has 0 aliphatic heterocycles. The molecule has 1 aromatic heterocycles. The molecule has 2 rings (SSSR count). The van der Waals surface area contributed by atoms with Gasteiger partial charge in [0.25, 0.3) is 0 Å². The fourth-order valence-corrected chi connectivity index (χ4v) is 1.53. The first-order valence-corrected chi connectivity index (χ1v) is 5.90. The van der Waals surface area contributed by atoms with E-state index in [0.717, 1.165) is 0 Å². The van der Waals surface area contributed by atoms with E-state index in [9.17, 15) is 9.59 Å². The predicted molar refractivity (Wildman–Crippen MR) is 74.6 cm³/mol. The molecule has 0 atom stereocenters. The van der Waals surface area contributed by atoms with E-state index in [0.29, 0.717) is 17.1 Å². The fraction of sp³-hybridized carbons (Fsp3) is 0.0714. The zero-order valence-electron chi connectivity index (χ0n) is 10.8. The van der Waals surface area contributed by atoms with Crippen molar-refractivity contribution in [1.82, 2.24) is 4.98 Å². The van der Waals surface area contributed by atoms with Gasteiger partial charge in [-0.2, -0.15) is 0 Å². The first-order chi connectivity index (χ1) is 9.63. The minimum Gasteiger partial charge on any atom is -0.427 e. The Morgan fingerprint density at radius 2 is 1.85 bits per heavy atom. The Kier molecular flexibility index (Phi) is 4.28. The summed E-state index contributed by atoms with van der Waals surface area (Å²) in [4.78, 5) is 26.5. The third kappa shape index (κ3) is 4.09. The number of hydrogen-bond donors (Lipinski definition) is 2. The molecule has 1 aromatic carbocycles. The van der Waals surface area contributed by atoms with Crippen molar-refractivity contribution in [1.29, 1.82) is 0 Å². The van der Waals surface area contributed by atoms with Gasteiger partial charge < -0.3 is 15.4 Å². The molecule has 0 saturated heterocycles. The predicted octanol–water partition coefficient (Wildman–Crippen LogP) is 2.65. The molecule has 0 spiro atoms. The highest BCUT2D eigenvalue weighted by molar-refractivity contribution is 5.99. The van der Waals surface area contributed by atoms with Gasteiger partial charge in [0, 0.05) is 24.9 Å². The van der Waals surface area contributed by atoms with E-state index in [2.05, 4.69) is 15.6 Å². The summed E-state index contributed by atoms with van der Waals surface area (Å²) in [6.45, 7) is 1.31. The van der Waals surface area contributed by atoms with Gasteiger partial charge in [0.15, 0.2) is 0 Å². The first-order valence-electron chi connectivity index (χ1n) is 5.90. The van der Waals surface area contributed by atoms with Crippen molar-refractivity contribution >= 4 is 23.4 Å². The Hall–Kier alpha value is -2.89. The van der Waals surface area contributed by atoms with Crippen molar-refractivity contribution < 1.29 is 14.3 Å². The van der Waals surface area contributed by atoms with Crippen LogP contribution in [0.3, 0.4) is 0 Å². The maximum Gasteiger partial charge on any atom is 0.323 e. The highest BCUT2D eigenvalue weighted by Crippen LogP contribution is 2.17. The molecular weight excluding hydrogens is 258 g/mol. The second-order valence-corrected chi connectivity index (χ2v) is 3.94. The van der Waals surface area contributed by atoms with Gasteiger partial charge in [-0.25, -0.2) is 4.79 Å². The molecule has 0 saturated carbocycles. The topological polar surface area (TPSA) is 80.3 Å². The molecule has 0 bridgehead atoms. The van der Waals surface area contributed by atoms with Crippen molar-refractivity contribution in [2.75, 3.05) is 10.6 Å². The van der Waals surface area contributed by atoms with E-state index in [4.69, 9.17) is 4.74 Å². The number of anilines is 2. The summed E-state index contributed by atoms with van der Waals surface area (Å²) in [5.74, 6) is -0.0429. The van der Waals surface area contributed by atoms with Gasteiger partial charge in [-0.15, -0.1) is 0 Å². The fourth-order valence-electron chi connectivity index (χ4n) is 1.53. The van der Waals surface area contributed by atoms with E-state index < -0.39 is 12.0 Å². The van der Waals surface area contributed by atoms with Crippen LogP contribution >= 0.6 is 0 Å². The smallest absolute Gasteiger partial charge is 0.323 e. The number of carbonyl (C=O) groups is 2. The van der Waals surface area contributed by atoms with E-state index in [1.54, 1.807) is 42.6 Å². The Bertz CT molecular complexity index is 614. The highest BCUT2D eigenvalue weighted by Gasteiger charge is 2.04.